The van der Waals surface area contributed by atoms with Crippen molar-refractivity contribution in [1.29, 1.82) is 10.5 Å². The highest BCUT2D eigenvalue weighted by Crippen LogP contribution is 2.64. The van der Waals surface area contributed by atoms with E-state index < -0.39 is 5.41 Å². The van der Waals surface area contributed by atoms with E-state index in [-0.39, 0.29) is 17.4 Å². The zero-order valence-corrected chi connectivity index (χ0v) is 10.8. The standard InChI is InChI=1S/C15H16N2O/c1-14(2)12(11-7-5-4-6-8-11)15(9-16,10-17)13(14)18-3/h4-8,12-13H,1-3H3/t12-,13+/m1/s1. The van der Waals surface area contributed by atoms with Gasteiger partial charge in [-0.15, -0.1) is 0 Å². The summed E-state index contributed by atoms with van der Waals surface area (Å²) < 4.78 is 5.41. The minimum absolute atomic E-state index is 0.119. The highest BCUT2D eigenvalue weighted by atomic mass is 16.5. The first kappa shape index (κ1) is 12.6. The van der Waals surface area contributed by atoms with Crippen LogP contribution in [-0.4, -0.2) is 13.2 Å². The summed E-state index contributed by atoms with van der Waals surface area (Å²) in [6, 6.07) is 14.1. The molecule has 0 aliphatic heterocycles. The van der Waals surface area contributed by atoms with E-state index in [1.54, 1.807) is 7.11 Å². The number of rotatable bonds is 2. The van der Waals surface area contributed by atoms with Gasteiger partial charge in [0.15, 0.2) is 5.41 Å². The van der Waals surface area contributed by atoms with Crippen LogP contribution in [0.25, 0.3) is 0 Å². The van der Waals surface area contributed by atoms with Crippen molar-refractivity contribution in [3.05, 3.63) is 35.9 Å². The van der Waals surface area contributed by atoms with E-state index in [0.717, 1.165) is 5.56 Å². The zero-order chi connectivity index (χ0) is 13.4. The molecule has 18 heavy (non-hydrogen) atoms. The molecule has 0 heterocycles. The van der Waals surface area contributed by atoms with Gasteiger partial charge in [-0.25, -0.2) is 0 Å². The van der Waals surface area contributed by atoms with Crippen molar-refractivity contribution >= 4 is 0 Å². The van der Waals surface area contributed by atoms with Crippen LogP contribution in [0.3, 0.4) is 0 Å². The lowest BCUT2D eigenvalue weighted by molar-refractivity contribution is -0.156. The van der Waals surface area contributed by atoms with Crippen molar-refractivity contribution < 1.29 is 4.74 Å². The SMILES string of the molecule is CO[C@H]1C(C)(C)[C@@H](c2ccccc2)C1(C#N)C#N. The van der Waals surface area contributed by atoms with Gasteiger partial charge in [0, 0.05) is 18.4 Å². The van der Waals surface area contributed by atoms with E-state index in [0.29, 0.717) is 0 Å². The summed E-state index contributed by atoms with van der Waals surface area (Å²) in [4.78, 5) is 0. The summed E-state index contributed by atoms with van der Waals surface area (Å²) in [6.45, 7) is 4.09. The third-order valence-electron chi connectivity index (χ3n) is 4.03. The van der Waals surface area contributed by atoms with Gasteiger partial charge in [0.05, 0.1) is 18.2 Å². The average molecular weight is 240 g/mol. The van der Waals surface area contributed by atoms with Gasteiger partial charge in [0.1, 0.15) is 0 Å². The summed E-state index contributed by atoms with van der Waals surface area (Å²) in [5, 5.41) is 18.9. The van der Waals surface area contributed by atoms with Crippen LogP contribution < -0.4 is 0 Å². The average Bonchev–Trinajstić information content (AvgIpc) is 2.37. The Morgan fingerprint density at radius 1 is 1.11 bits per heavy atom. The molecule has 1 aliphatic rings. The van der Waals surface area contributed by atoms with Crippen LogP contribution in [-0.2, 0) is 4.74 Å². The first-order valence-electron chi connectivity index (χ1n) is 5.95. The van der Waals surface area contributed by atoms with Gasteiger partial charge in [-0.2, -0.15) is 10.5 Å². The number of nitrogens with zero attached hydrogens (tertiary/aromatic N) is 2. The van der Waals surface area contributed by atoms with E-state index in [4.69, 9.17) is 4.74 Å². The molecule has 0 radical (unpaired) electrons. The van der Waals surface area contributed by atoms with E-state index in [9.17, 15) is 10.5 Å². The van der Waals surface area contributed by atoms with E-state index in [1.165, 1.54) is 0 Å². The van der Waals surface area contributed by atoms with Crippen molar-refractivity contribution in [2.75, 3.05) is 7.11 Å². The number of benzene rings is 1. The topological polar surface area (TPSA) is 56.8 Å². The Hall–Kier alpha value is -1.84. The predicted molar refractivity (Wildman–Crippen MR) is 67.4 cm³/mol. The fraction of sp³-hybridized carbons (Fsp3) is 0.467. The Morgan fingerprint density at radius 2 is 1.67 bits per heavy atom. The molecule has 0 saturated heterocycles. The minimum Gasteiger partial charge on any atom is -0.378 e. The molecule has 0 bridgehead atoms. The Labute approximate surface area is 108 Å². The van der Waals surface area contributed by atoms with Gasteiger partial charge < -0.3 is 4.74 Å². The number of ether oxygens (including phenoxy) is 1. The molecular weight excluding hydrogens is 224 g/mol. The first-order chi connectivity index (χ1) is 8.54. The summed E-state index contributed by atoms with van der Waals surface area (Å²) in [5.41, 5.74) is -0.278. The van der Waals surface area contributed by atoms with Crippen molar-refractivity contribution in [3.8, 4) is 12.1 Å². The fourth-order valence-electron chi connectivity index (χ4n) is 3.48. The molecule has 3 heteroatoms. The lowest BCUT2D eigenvalue weighted by atomic mass is 9.43. The van der Waals surface area contributed by atoms with Crippen LogP contribution >= 0.6 is 0 Å². The number of nitriles is 2. The van der Waals surface area contributed by atoms with Crippen LogP contribution in [0.2, 0.25) is 0 Å². The molecule has 0 N–H and O–H groups in total. The molecule has 92 valence electrons. The van der Waals surface area contributed by atoms with Crippen molar-refractivity contribution in [2.24, 2.45) is 10.8 Å². The van der Waals surface area contributed by atoms with Gasteiger partial charge in [-0.3, -0.25) is 0 Å². The molecule has 1 aliphatic carbocycles. The molecule has 2 rings (SSSR count). The lowest BCUT2D eigenvalue weighted by Crippen LogP contribution is -2.64. The molecule has 1 fully saturated rings. The fourth-order valence-corrected chi connectivity index (χ4v) is 3.48. The maximum Gasteiger partial charge on any atom is 0.177 e. The predicted octanol–water partition coefficient (Wildman–Crippen LogP) is 2.86. The molecule has 0 unspecified atom stereocenters. The molecule has 0 aromatic heterocycles. The molecular formula is C15H16N2O. The number of hydrogen-bond donors (Lipinski definition) is 0. The monoisotopic (exact) mass is 240 g/mol. The zero-order valence-electron chi connectivity index (χ0n) is 10.8. The third kappa shape index (κ3) is 1.38. The molecule has 1 aromatic carbocycles. The smallest absolute Gasteiger partial charge is 0.177 e. The van der Waals surface area contributed by atoms with Crippen LogP contribution in [0.1, 0.15) is 25.3 Å². The third-order valence-corrected chi connectivity index (χ3v) is 4.03. The minimum atomic E-state index is -1.08. The highest BCUT2D eigenvalue weighted by Gasteiger charge is 2.69. The van der Waals surface area contributed by atoms with Crippen molar-refractivity contribution in [1.82, 2.24) is 0 Å². The molecule has 1 saturated carbocycles. The summed E-state index contributed by atoms with van der Waals surface area (Å²) in [7, 11) is 1.57. The van der Waals surface area contributed by atoms with Crippen molar-refractivity contribution in [2.45, 2.75) is 25.9 Å². The van der Waals surface area contributed by atoms with Gasteiger partial charge >= 0.3 is 0 Å². The normalized spacial score (nSPS) is 27.6. The van der Waals surface area contributed by atoms with Crippen LogP contribution in [0.5, 0.6) is 0 Å². The van der Waals surface area contributed by atoms with Gasteiger partial charge in [-0.05, 0) is 5.56 Å². The molecule has 3 nitrogen and oxygen atoms in total. The van der Waals surface area contributed by atoms with Crippen LogP contribution in [0, 0.1) is 33.5 Å². The maximum absolute atomic E-state index is 9.45. The van der Waals surface area contributed by atoms with E-state index in [1.807, 2.05) is 44.2 Å². The number of hydrogen-bond acceptors (Lipinski definition) is 3. The van der Waals surface area contributed by atoms with Crippen LogP contribution in [0.4, 0.5) is 0 Å². The second-order valence-electron chi connectivity index (χ2n) is 5.37. The summed E-state index contributed by atoms with van der Waals surface area (Å²) >= 11 is 0. The highest BCUT2D eigenvalue weighted by molar-refractivity contribution is 5.42. The van der Waals surface area contributed by atoms with Crippen molar-refractivity contribution in [3.63, 3.8) is 0 Å². The number of methoxy groups -OCH3 is 1. The second kappa shape index (κ2) is 4.12. The Kier molecular flexibility index (Phi) is 2.89. The van der Waals surface area contributed by atoms with Gasteiger partial charge in [0.2, 0.25) is 0 Å². The second-order valence-corrected chi connectivity index (χ2v) is 5.37. The largest absolute Gasteiger partial charge is 0.378 e. The molecule has 1 aromatic rings. The lowest BCUT2D eigenvalue weighted by Gasteiger charge is -2.59. The Morgan fingerprint density at radius 3 is 2.11 bits per heavy atom. The quantitative estimate of drug-likeness (QED) is 0.798. The molecule has 0 amide bonds. The Bertz CT molecular complexity index is 508. The first-order valence-corrected chi connectivity index (χ1v) is 5.95. The van der Waals surface area contributed by atoms with E-state index in [2.05, 4.69) is 12.1 Å². The summed E-state index contributed by atoms with van der Waals surface area (Å²) in [5.74, 6) is -0.119. The Balaban J connectivity index is 2.53. The summed E-state index contributed by atoms with van der Waals surface area (Å²) in [6.07, 6.45) is -0.356. The molecule has 2 atom stereocenters. The van der Waals surface area contributed by atoms with Gasteiger partial charge in [-0.1, -0.05) is 44.2 Å². The van der Waals surface area contributed by atoms with Gasteiger partial charge in [0.25, 0.3) is 0 Å². The van der Waals surface area contributed by atoms with E-state index >= 15 is 0 Å². The molecule has 0 spiro atoms. The maximum atomic E-state index is 9.45. The van der Waals surface area contributed by atoms with Crippen LogP contribution in [0.15, 0.2) is 30.3 Å².